The van der Waals surface area contributed by atoms with E-state index in [9.17, 15) is 8.78 Å². The van der Waals surface area contributed by atoms with Gasteiger partial charge in [-0.2, -0.15) is 5.26 Å². The van der Waals surface area contributed by atoms with Crippen LogP contribution >= 0.6 is 24.0 Å². The monoisotopic (exact) mass is 470 g/mol. The van der Waals surface area contributed by atoms with Crippen LogP contribution in [-0.4, -0.2) is 12.5 Å². The molecular formula is C19H21F2IN4. The second-order valence-corrected chi connectivity index (χ2v) is 5.55. The molecule has 0 aliphatic carbocycles. The fourth-order valence-electron chi connectivity index (χ4n) is 2.30. The molecule has 7 heteroatoms. The Labute approximate surface area is 169 Å². The van der Waals surface area contributed by atoms with Gasteiger partial charge in [-0.3, -0.25) is 0 Å². The Bertz CT molecular complexity index is 802. The van der Waals surface area contributed by atoms with Gasteiger partial charge in [-0.05, 0) is 49.2 Å². The summed E-state index contributed by atoms with van der Waals surface area (Å²) >= 11 is 0. The van der Waals surface area contributed by atoms with Crippen molar-refractivity contribution in [1.82, 2.24) is 10.6 Å². The van der Waals surface area contributed by atoms with Gasteiger partial charge in [0.05, 0.1) is 24.2 Å². The van der Waals surface area contributed by atoms with E-state index in [2.05, 4.69) is 21.7 Å². The van der Waals surface area contributed by atoms with Crippen LogP contribution in [0.4, 0.5) is 8.78 Å². The van der Waals surface area contributed by atoms with Crippen molar-refractivity contribution in [2.75, 3.05) is 6.54 Å². The summed E-state index contributed by atoms with van der Waals surface area (Å²) in [6, 6.07) is 12.9. The van der Waals surface area contributed by atoms with E-state index in [1.807, 2.05) is 26.0 Å². The number of nitrogens with one attached hydrogen (secondary N) is 2. The molecule has 4 nitrogen and oxygen atoms in total. The third-order valence-electron chi connectivity index (χ3n) is 3.62. The van der Waals surface area contributed by atoms with E-state index >= 15 is 0 Å². The highest BCUT2D eigenvalue weighted by molar-refractivity contribution is 14.0. The first-order valence-corrected chi connectivity index (χ1v) is 8.02. The summed E-state index contributed by atoms with van der Waals surface area (Å²) < 4.78 is 26.5. The Morgan fingerprint density at radius 1 is 1.19 bits per heavy atom. The first kappa shape index (κ1) is 21.8. The zero-order valence-corrected chi connectivity index (χ0v) is 16.9. The van der Waals surface area contributed by atoms with Gasteiger partial charge in [0.15, 0.2) is 17.6 Å². The van der Waals surface area contributed by atoms with Crippen LogP contribution in [0.2, 0.25) is 0 Å². The summed E-state index contributed by atoms with van der Waals surface area (Å²) in [5.41, 5.74) is 2.12. The first-order chi connectivity index (χ1) is 12.0. The van der Waals surface area contributed by atoms with E-state index in [0.29, 0.717) is 30.2 Å². The smallest absolute Gasteiger partial charge is 0.192 e. The predicted octanol–water partition coefficient (Wildman–Crippen LogP) is 4.27. The van der Waals surface area contributed by atoms with E-state index in [-0.39, 0.29) is 30.0 Å². The van der Waals surface area contributed by atoms with Gasteiger partial charge in [-0.25, -0.2) is 13.8 Å². The minimum Gasteiger partial charge on any atom is -0.357 e. The van der Waals surface area contributed by atoms with Crippen LogP contribution in [0.3, 0.4) is 0 Å². The number of aliphatic imine (C=N–C) groups is 1. The first-order valence-electron chi connectivity index (χ1n) is 8.02. The Morgan fingerprint density at radius 2 is 1.96 bits per heavy atom. The molecule has 1 atom stereocenters. The molecule has 1 unspecified atom stereocenters. The molecule has 0 aliphatic rings. The molecule has 0 spiro atoms. The van der Waals surface area contributed by atoms with Crippen LogP contribution in [0.15, 0.2) is 47.5 Å². The van der Waals surface area contributed by atoms with Crippen LogP contribution in [0.1, 0.15) is 36.6 Å². The van der Waals surface area contributed by atoms with E-state index in [0.717, 1.165) is 11.6 Å². The molecule has 0 saturated carbocycles. The van der Waals surface area contributed by atoms with Crippen molar-refractivity contribution in [3.63, 3.8) is 0 Å². The Morgan fingerprint density at radius 3 is 2.62 bits per heavy atom. The highest BCUT2D eigenvalue weighted by atomic mass is 127. The SMILES string of the molecule is CCNC(=NCc1cccc(C#N)c1)NC(C)c1ccc(F)c(F)c1.I. The predicted molar refractivity (Wildman–Crippen MR) is 109 cm³/mol. The lowest BCUT2D eigenvalue weighted by Gasteiger charge is -2.18. The lowest BCUT2D eigenvalue weighted by atomic mass is 10.1. The van der Waals surface area contributed by atoms with Gasteiger partial charge in [0.25, 0.3) is 0 Å². The molecule has 0 fully saturated rings. The highest BCUT2D eigenvalue weighted by Gasteiger charge is 2.11. The van der Waals surface area contributed by atoms with Gasteiger partial charge in [-0.1, -0.05) is 18.2 Å². The van der Waals surface area contributed by atoms with Gasteiger partial charge in [0.2, 0.25) is 0 Å². The Balaban J connectivity index is 0.00000338. The van der Waals surface area contributed by atoms with Gasteiger partial charge in [-0.15, -0.1) is 24.0 Å². The number of benzene rings is 2. The summed E-state index contributed by atoms with van der Waals surface area (Å²) in [4.78, 5) is 4.48. The van der Waals surface area contributed by atoms with Gasteiger partial charge >= 0.3 is 0 Å². The molecular weight excluding hydrogens is 449 g/mol. The molecule has 0 amide bonds. The molecule has 2 N–H and O–H groups in total. The number of nitriles is 1. The summed E-state index contributed by atoms with van der Waals surface area (Å²) in [5.74, 6) is -1.18. The molecule has 2 aromatic carbocycles. The van der Waals surface area contributed by atoms with Crippen molar-refractivity contribution >= 4 is 29.9 Å². The number of hydrogen-bond acceptors (Lipinski definition) is 2. The van der Waals surface area contributed by atoms with Crippen molar-refractivity contribution in [2.45, 2.75) is 26.4 Å². The summed E-state index contributed by atoms with van der Waals surface area (Å²) in [5, 5.41) is 15.2. The number of hydrogen-bond donors (Lipinski definition) is 2. The Hall–Kier alpha value is -2.21. The van der Waals surface area contributed by atoms with E-state index in [4.69, 9.17) is 5.26 Å². The number of halogens is 3. The van der Waals surface area contributed by atoms with Crippen molar-refractivity contribution in [3.8, 4) is 6.07 Å². The summed E-state index contributed by atoms with van der Waals surface area (Å²) in [6.07, 6.45) is 0. The summed E-state index contributed by atoms with van der Waals surface area (Å²) in [7, 11) is 0. The summed E-state index contributed by atoms with van der Waals surface area (Å²) in [6.45, 7) is 4.84. The van der Waals surface area contributed by atoms with Gasteiger partial charge in [0, 0.05) is 6.54 Å². The molecule has 0 aromatic heterocycles. The maximum atomic E-state index is 13.4. The normalized spacial score (nSPS) is 11.9. The largest absolute Gasteiger partial charge is 0.357 e. The number of rotatable bonds is 5. The molecule has 0 bridgehead atoms. The third kappa shape index (κ3) is 6.26. The van der Waals surface area contributed by atoms with Crippen LogP contribution in [0, 0.1) is 23.0 Å². The molecule has 2 rings (SSSR count). The highest BCUT2D eigenvalue weighted by Crippen LogP contribution is 2.16. The molecule has 0 saturated heterocycles. The van der Waals surface area contributed by atoms with E-state index in [1.54, 1.807) is 12.1 Å². The maximum Gasteiger partial charge on any atom is 0.192 e. The van der Waals surface area contributed by atoms with Crippen molar-refractivity contribution in [3.05, 3.63) is 70.8 Å². The van der Waals surface area contributed by atoms with Crippen molar-refractivity contribution < 1.29 is 8.78 Å². The van der Waals surface area contributed by atoms with Crippen LogP contribution in [-0.2, 0) is 6.54 Å². The number of nitrogens with zero attached hydrogens (tertiary/aromatic N) is 2. The van der Waals surface area contributed by atoms with Gasteiger partial charge < -0.3 is 10.6 Å². The average molecular weight is 470 g/mol. The standard InChI is InChI=1S/C19H20F2N4.HI/c1-3-23-19(24-12-15-6-4-5-14(9-15)11-22)25-13(2)16-7-8-17(20)18(21)10-16;/h4-10,13H,3,12H2,1-2H3,(H2,23,24,25);1H. The zero-order valence-electron chi connectivity index (χ0n) is 14.6. The second kappa shape index (κ2) is 10.7. The van der Waals surface area contributed by atoms with Crippen molar-refractivity contribution in [1.29, 1.82) is 5.26 Å². The molecule has 0 heterocycles. The van der Waals surface area contributed by atoms with Gasteiger partial charge in [0.1, 0.15) is 0 Å². The van der Waals surface area contributed by atoms with E-state index < -0.39 is 11.6 Å². The minimum absolute atomic E-state index is 0. The fraction of sp³-hybridized carbons (Fsp3) is 0.263. The average Bonchev–Trinajstić information content (AvgIpc) is 2.62. The minimum atomic E-state index is -0.874. The molecule has 26 heavy (non-hydrogen) atoms. The third-order valence-corrected chi connectivity index (χ3v) is 3.62. The van der Waals surface area contributed by atoms with E-state index in [1.165, 1.54) is 12.1 Å². The fourth-order valence-corrected chi connectivity index (χ4v) is 2.30. The molecule has 138 valence electrons. The van der Waals surface area contributed by atoms with Crippen LogP contribution in [0.5, 0.6) is 0 Å². The quantitative estimate of drug-likeness (QED) is 0.390. The lowest BCUT2D eigenvalue weighted by molar-refractivity contribution is 0.504. The number of guanidine groups is 1. The lowest BCUT2D eigenvalue weighted by Crippen LogP contribution is -2.38. The second-order valence-electron chi connectivity index (χ2n) is 5.55. The van der Waals surface area contributed by atoms with Crippen molar-refractivity contribution in [2.24, 2.45) is 4.99 Å². The molecule has 0 aliphatic heterocycles. The van der Waals surface area contributed by atoms with Crippen LogP contribution < -0.4 is 10.6 Å². The molecule has 0 radical (unpaired) electrons. The maximum absolute atomic E-state index is 13.4. The molecule has 2 aromatic rings. The van der Waals surface area contributed by atoms with Crippen LogP contribution in [0.25, 0.3) is 0 Å². The Kier molecular flexibility index (Phi) is 8.99. The zero-order chi connectivity index (χ0) is 18.2. The topological polar surface area (TPSA) is 60.2 Å².